The van der Waals surface area contributed by atoms with Gasteiger partial charge in [0.05, 0.1) is 8.07 Å². The van der Waals surface area contributed by atoms with E-state index >= 15 is 0 Å². The Labute approximate surface area is 123 Å². The molecule has 2 aromatic rings. The van der Waals surface area contributed by atoms with Gasteiger partial charge in [-0.1, -0.05) is 74.3 Å². The lowest BCUT2D eigenvalue weighted by atomic mass is 10.2. The van der Waals surface area contributed by atoms with Crippen LogP contribution in [0, 0.1) is 11.8 Å². The smallest absolute Gasteiger partial charge is 0.0652 e. The molecule has 2 rings (SSSR count). The van der Waals surface area contributed by atoms with Crippen LogP contribution in [0.3, 0.4) is 0 Å². The zero-order chi connectivity index (χ0) is 14.6. The number of rotatable bonds is 2. The van der Waals surface area contributed by atoms with Crippen LogP contribution in [0.2, 0.25) is 18.6 Å². The van der Waals surface area contributed by atoms with Crippen molar-refractivity contribution in [3.63, 3.8) is 0 Å². The molecule has 0 saturated carbocycles. The van der Waals surface area contributed by atoms with E-state index in [9.17, 15) is 0 Å². The summed E-state index contributed by atoms with van der Waals surface area (Å²) in [6.07, 6.45) is 0. The first-order valence-corrected chi connectivity index (χ1v) is 10.3. The molecule has 0 aliphatic carbocycles. The van der Waals surface area contributed by atoms with Gasteiger partial charge < -0.3 is 0 Å². The molecule has 0 nitrogen and oxygen atoms in total. The van der Waals surface area contributed by atoms with Crippen LogP contribution >= 0.6 is 0 Å². The highest BCUT2D eigenvalue weighted by atomic mass is 28.3. The second-order valence-corrected chi connectivity index (χ2v) is 11.2. The van der Waals surface area contributed by atoms with Crippen LogP contribution in [0.25, 0.3) is 0 Å². The summed E-state index contributed by atoms with van der Waals surface area (Å²) >= 11 is 0. The van der Waals surface area contributed by atoms with E-state index in [2.05, 4.69) is 63.0 Å². The van der Waals surface area contributed by atoms with Crippen molar-refractivity contribution in [2.24, 2.45) is 0 Å². The third kappa shape index (κ3) is 3.40. The van der Waals surface area contributed by atoms with E-state index in [4.69, 9.17) is 0 Å². The molecule has 0 aliphatic rings. The molecule has 2 aromatic carbocycles. The minimum atomic E-state index is -1.36. The summed E-state index contributed by atoms with van der Waals surface area (Å²) in [5.41, 5.74) is 2.92. The van der Waals surface area contributed by atoms with Gasteiger partial charge in [-0.05, 0) is 29.8 Å². The maximum Gasteiger partial charge on any atom is 0.0832 e. The molecule has 20 heavy (non-hydrogen) atoms. The lowest BCUT2D eigenvalue weighted by Crippen LogP contribution is -2.44. The minimum Gasteiger partial charge on any atom is -0.0652 e. The Bertz CT molecular complexity index is 628. The summed E-state index contributed by atoms with van der Waals surface area (Å²) in [5.74, 6) is 6.52. The van der Waals surface area contributed by atoms with Gasteiger partial charge in [0.1, 0.15) is 0 Å². The predicted octanol–water partition coefficient (Wildman–Crippen LogP) is 4.41. The molecule has 0 unspecified atom stereocenters. The van der Waals surface area contributed by atoms with E-state index in [1.807, 2.05) is 30.3 Å². The maximum atomic E-state index is 3.28. The van der Waals surface area contributed by atoms with Crippen LogP contribution in [0.1, 0.15) is 25.0 Å². The molecule has 0 radical (unpaired) electrons. The van der Waals surface area contributed by atoms with E-state index in [0.29, 0.717) is 0 Å². The molecule has 1 heteroatoms. The summed E-state index contributed by atoms with van der Waals surface area (Å²) in [6, 6.07) is 18.9. The van der Waals surface area contributed by atoms with Gasteiger partial charge in [0.15, 0.2) is 0 Å². The van der Waals surface area contributed by atoms with Crippen LogP contribution in [0.4, 0.5) is 0 Å². The molecule has 0 aliphatic heterocycles. The van der Waals surface area contributed by atoms with Crippen LogP contribution in [0.5, 0.6) is 0 Å². The average molecular weight is 278 g/mol. The molecular formula is C19H22Si. The average Bonchev–Trinajstić information content (AvgIpc) is 2.46. The lowest BCUT2D eigenvalue weighted by molar-refractivity contribution is 1.02. The second kappa shape index (κ2) is 6.11. The normalized spacial score (nSPS) is 11.1. The first kappa shape index (κ1) is 14.6. The standard InChI is InChI=1S/C19H22Si/c1-16(2)20(3,4)19-12-8-11-18(15-19)14-13-17-9-6-5-7-10-17/h5-12,15-16H,1-4H3. The van der Waals surface area contributed by atoms with Crippen molar-refractivity contribution < 1.29 is 0 Å². The Morgan fingerprint density at radius 2 is 1.40 bits per heavy atom. The molecular weight excluding hydrogens is 256 g/mol. The van der Waals surface area contributed by atoms with Gasteiger partial charge in [-0.15, -0.1) is 0 Å². The van der Waals surface area contributed by atoms with Gasteiger partial charge in [-0.2, -0.15) is 0 Å². The molecule has 0 saturated heterocycles. The zero-order valence-corrected chi connectivity index (χ0v) is 13.8. The topological polar surface area (TPSA) is 0 Å². The molecule has 102 valence electrons. The first-order chi connectivity index (χ1) is 9.50. The van der Waals surface area contributed by atoms with Crippen molar-refractivity contribution in [1.82, 2.24) is 0 Å². The van der Waals surface area contributed by atoms with E-state index in [1.165, 1.54) is 5.19 Å². The fraction of sp³-hybridized carbons (Fsp3) is 0.263. The highest BCUT2D eigenvalue weighted by molar-refractivity contribution is 6.90. The Hall–Kier alpha value is -1.78. The predicted molar refractivity (Wildman–Crippen MR) is 91.1 cm³/mol. The maximum absolute atomic E-state index is 3.28. The van der Waals surface area contributed by atoms with Crippen LogP contribution in [-0.4, -0.2) is 8.07 Å². The van der Waals surface area contributed by atoms with Crippen LogP contribution in [-0.2, 0) is 0 Å². The summed E-state index contributed by atoms with van der Waals surface area (Å²) < 4.78 is 0. The van der Waals surface area contributed by atoms with E-state index < -0.39 is 8.07 Å². The summed E-state index contributed by atoms with van der Waals surface area (Å²) in [7, 11) is -1.36. The molecule has 0 bridgehead atoms. The Morgan fingerprint density at radius 3 is 2.05 bits per heavy atom. The zero-order valence-electron chi connectivity index (χ0n) is 12.8. The molecule has 0 amide bonds. The van der Waals surface area contributed by atoms with E-state index in [0.717, 1.165) is 16.7 Å². The molecule has 0 aromatic heterocycles. The van der Waals surface area contributed by atoms with Gasteiger partial charge >= 0.3 is 0 Å². The minimum absolute atomic E-state index is 0.736. The fourth-order valence-electron chi connectivity index (χ4n) is 2.00. The SMILES string of the molecule is CC(C)[Si](C)(C)c1cccc(C#Cc2ccccc2)c1. The van der Waals surface area contributed by atoms with Crippen molar-refractivity contribution in [3.05, 3.63) is 65.7 Å². The van der Waals surface area contributed by atoms with Crippen LogP contribution < -0.4 is 5.19 Å². The number of hydrogen-bond acceptors (Lipinski definition) is 0. The molecule has 0 atom stereocenters. The van der Waals surface area contributed by atoms with E-state index in [-0.39, 0.29) is 0 Å². The summed E-state index contributed by atoms with van der Waals surface area (Å²) in [5, 5.41) is 1.49. The van der Waals surface area contributed by atoms with Gasteiger partial charge in [0.2, 0.25) is 0 Å². The van der Waals surface area contributed by atoms with Gasteiger partial charge in [-0.25, -0.2) is 0 Å². The van der Waals surface area contributed by atoms with Crippen molar-refractivity contribution in [2.75, 3.05) is 0 Å². The first-order valence-electron chi connectivity index (χ1n) is 7.18. The van der Waals surface area contributed by atoms with E-state index in [1.54, 1.807) is 0 Å². The quantitative estimate of drug-likeness (QED) is 0.564. The highest BCUT2D eigenvalue weighted by Crippen LogP contribution is 2.20. The van der Waals surface area contributed by atoms with Crippen molar-refractivity contribution >= 4 is 13.3 Å². The second-order valence-electron chi connectivity index (χ2n) is 6.07. The third-order valence-electron chi connectivity index (χ3n) is 4.17. The Balaban J connectivity index is 2.30. The molecule has 0 N–H and O–H groups in total. The Kier molecular flexibility index (Phi) is 4.47. The fourth-order valence-corrected chi connectivity index (χ4v) is 3.72. The molecule has 0 fully saturated rings. The Morgan fingerprint density at radius 1 is 0.800 bits per heavy atom. The van der Waals surface area contributed by atoms with Crippen molar-refractivity contribution in [1.29, 1.82) is 0 Å². The monoisotopic (exact) mass is 278 g/mol. The van der Waals surface area contributed by atoms with Crippen molar-refractivity contribution in [2.45, 2.75) is 32.5 Å². The largest absolute Gasteiger partial charge is 0.0832 e. The third-order valence-corrected chi connectivity index (χ3v) is 8.86. The molecule has 0 spiro atoms. The van der Waals surface area contributed by atoms with Gasteiger partial charge in [-0.3, -0.25) is 0 Å². The van der Waals surface area contributed by atoms with Crippen LogP contribution in [0.15, 0.2) is 54.6 Å². The van der Waals surface area contributed by atoms with Gasteiger partial charge in [0.25, 0.3) is 0 Å². The number of benzene rings is 2. The highest BCUT2D eigenvalue weighted by Gasteiger charge is 2.27. The van der Waals surface area contributed by atoms with Crippen molar-refractivity contribution in [3.8, 4) is 11.8 Å². The summed E-state index contributed by atoms with van der Waals surface area (Å²) in [6.45, 7) is 9.52. The molecule has 0 heterocycles. The lowest BCUT2D eigenvalue weighted by Gasteiger charge is -2.27. The summed E-state index contributed by atoms with van der Waals surface area (Å²) in [4.78, 5) is 0. The van der Waals surface area contributed by atoms with Gasteiger partial charge in [0, 0.05) is 11.1 Å². The number of hydrogen-bond donors (Lipinski definition) is 0.